The van der Waals surface area contributed by atoms with Gasteiger partial charge in [-0.2, -0.15) is 0 Å². The summed E-state index contributed by atoms with van der Waals surface area (Å²) < 4.78 is 13.4. The van der Waals surface area contributed by atoms with Crippen LogP contribution in [0.3, 0.4) is 0 Å². The van der Waals surface area contributed by atoms with E-state index in [0.717, 1.165) is 6.07 Å². The van der Waals surface area contributed by atoms with E-state index < -0.39 is 11.8 Å². The number of nitrogens with one attached hydrogen (secondary N) is 1. The van der Waals surface area contributed by atoms with Crippen LogP contribution in [0.2, 0.25) is 5.15 Å². The second-order valence-electron chi connectivity index (χ2n) is 3.37. The fourth-order valence-electron chi connectivity index (χ4n) is 1.30. The molecule has 0 atom stereocenters. The number of anilines is 2. The van der Waals surface area contributed by atoms with Crippen molar-refractivity contribution >= 4 is 29.1 Å². The van der Waals surface area contributed by atoms with Crippen LogP contribution >= 0.6 is 11.6 Å². The molecule has 92 valence electrons. The molecule has 0 aliphatic heterocycles. The zero-order valence-electron chi connectivity index (χ0n) is 8.89. The summed E-state index contributed by atoms with van der Waals surface area (Å²) in [4.78, 5) is 10.6. The Kier molecular flexibility index (Phi) is 3.38. The molecular formula is C11H7ClFN3O2. The van der Waals surface area contributed by atoms with Gasteiger partial charge < -0.3 is 10.4 Å². The molecule has 0 spiro atoms. The number of carbonyl (C=O) groups is 1. The Bertz CT molecular complexity index is 589. The summed E-state index contributed by atoms with van der Waals surface area (Å²) in [5.41, 5.74) is -0.0168. The first-order valence-electron chi connectivity index (χ1n) is 4.85. The molecular weight excluding hydrogens is 261 g/mol. The summed E-state index contributed by atoms with van der Waals surface area (Å²) in [6.45, 7) is 0. The van der Waals surface area contributed by atoms with Crippen LogP contribution in [0.1, 0.15) is 10.4 Å². The van der Waals surface area contributed by atoms with Gasteiger partial charge in [0.1, 0.15) is 5.82 Å². The summed E-state index contributed by atoms with van der Waals surface area (Å²) in [6, 6.07) is 6.77. The van der Waals surface area contributed by atoms with Crippen LogP contribution in [0.15, 0.2) is 30.3 Å². The first-order valence-corrected chi connectivity index (χ1v) is 5.23. The molecule has 0 unspecified atom stereocenters. The fraction of sp³-hybridized carbons (Fsp3) is 0. The first kappa shape index (κ1) is 12.3. The Labute approximate surface area is 106 Å². The molecule has 2 rings (SSSR count). The van der Waals surface area contributed by atoms with Crippen molar-refractivity contribution in [2.45, 2.75) is 0 Å². The van der Waals surface area contributed by atoms with Crippen LogP contribution < -0.4 is 5.32 Å². The van der Waals surface area contributed by atoms with Crippen molar-refractivity contribution in [3.63, 3.8) is 0 Å². The highest BCUT2D eigenvalue weighted by Crippen LogP contribution is 2.18. The number of rotatable bonds is 3. The van der Waals surface area contributed by atoms with Crippen molar-refractivity contribution in [1.82, 2.24) is 10.2 Å². The van der Waals surface area contributed by atoms with Crippen molar-refractivity contribution in [2.75, 3.05) is 5.32 Å². The van der Waals surface area contributed by atoms with Crippen LogP contribution in [0.5, 0.6) is 0 Å². The van der Waals surface area contributed by atoms with E-state index in [1.807, 2.05) is 0 Å². The van der Waals surface area contributed by atoms with Crippen LogP contribution in [0, 0.1) is 5.82 Å². The number of aromatic nitrogens is 2. The molecule has 0 aliphatic rings. The highest BCUT2D eigenvalue weighted by Gasteiger charge is 2.10. The summed E-state index contributed by atoms with van der Waals surface area (Å²) in [7, 11) is 0. The number of aromatic carboxylic acids is 1. The molecule has 1 aromatic carbocycles. The Hall–Kier alpha value is -2.21. The van der Waals surface area contributed by atoms with E-state index in [1.165, 1.54) is 18.2 Å². The number of hydrogen-bond acceptors (Lipinski definition) is 4. The van der Waals surface area contributed by atoms with E-state index in [2.05, 4.69) is 15.5 Å². The van der Waals surface area contributed by atoms with E-state index >= 15 is 0 Å². The van der Waals surface area contributed by atoms with Crippen molar-refractivity contribution in [2.24, 2.45) is 0 Å². The average molecular weight is 268 g/mol. The molecule has 0 bridgehead atoms. The lowest BCUT2D eigenvalue weighted by Gasteiger charge is -2.05. The smallest absolute Gasteiger partial charge is 0.338 e. The second kappa shape index (κ2) is 4.97. The number of hydrogen-bond donors (Lipinski definition) is 2. The van der Waals surface area contributed by atoms with Crippen LogP contribution in [0.25, 0.3) is 0 Å². The summed E-state index contributed by atoms with van der Waals surface area (Å²) in [5.74, 6) is -1.76. The van der Waals surface area contributed by atoms with Crippen molar-refractivity contribution in [3.8, 4) is 0 Å². The molecule has 18 heavy (non-hydrogen) atoms. The van der Waals surface area contributed by atoms with Gasteiger partial charge in [0.2, 0.25) is 0 Å². The summed E-state index contributed by atoms with van der Waals surface area (Å²) in [6.07, 6.45) is 0. The lowest BCUT2D eigenvalue weighted by molar-refractivity contribution is 0.0692. The molecule has 1 heterocycles. The molecule has 7 heteroatoms. The SMILES string of the molecule is O=C(O)c1ccc(Nc2ccc(Cl)nn2)cc1F. The van der Waals surface area contributed by atoms with Crippen LogP contribution in [-0.4, -0.2) is 21.3 Å². The Morgan fingerprint density at radius 3 is 2.61 bits per heavy atom. The largest absolute Gasteiger partial charge is 0.478 e. The molecule has 0 aliphatic carbocycles. The Morgan fingerprint density at radius 1 is 1.28 bits per heavy atom. The number of carboxylic acid groups (broad SMARTS) is 1. The van der Waals surface area contributed by atoms with E-state index in [4.69, 9.17) is 16.7 Å². The molecule has 2 aromatic rings. The van der Waals surface area contributed by atoms with Gasteiger partial charge in [-0.3, -0.25) is 0 Å². The van der Waals surface area contributed by atoms with Gasteiger partial charge in [-0.05, 0) is 30.3 Å². The predicted octanol–water partition coefficient (Wildman–Crippen LogP) is 2.71. The summed E-state index contributed by atoms with van der Waals surface area (Å²) in [5, 5.41) is 19.0. The maximum Gasteiger partial charge on any atom is 0.338 e. The molecule has 0 saturated heterocycles. The first-order chi connectivity index (χ1) is 8.56. The minimum absolute atomic E-state index is 0.243. The second-order valence-corrected chi connectivity index (χ2v) is 3.75. The molecule has 0 saturated carbocycles. The lowest BCUT2D eigenvalue weighted by atomic mass is 10.2. The number of halogens is 2. The van der Waals surface area contributed by atoms with Gasteiger partial charge in [0.15, 0.2) is 11.0 Å². The van der Waals surface area contributed by atoms with Crippen molar-refractivity contribution in [3.05, 3.63) is 46.9 Å². The predicted molar refractivity (Wildman–Crippen MR) is 63.7 cm³/mol. The van der Waals surface area contributed by atoms with Gasteiger partial charge in [-0.1, -0.05) is 11.6 Å². The summed E-state index contributed by atoms with van der Waals surface area (Å²) >= 11 is 5.57. The average Bonchev–Trinajstić information content (AvgIpc) is 2.32. The van der Waals surface area contributed by atoms with E-state index in [-0.39, 0.29) is 10.7 Å². The van der Waals surface area contributed by atoms with Gasteiger partial charge in [0.05, 0.1) is 5.56 Å². The van der Waals surface area contributed by atoms with Gasteiger partial charge in [0, 0.05) is 5.69 Å². The number of nitrogens with zero attached hydrogens (tertiary/aromatic N) is 2. The maximum atomic E-state index is 13.4. The minimum atomic E-state index is -1.31. The monoisotopic (exact) mass is 267 g/mol. The third-order valence-electron chi connectivity index (χ3n) is 2.10. The van der Waals surface area contributed by atoms with Crippen LogP contribution in [-0.2, 0) is 0 Å². The molecule has 0 radical (unpaired) electrons. The third kappa shape index (κ3) is 2.72. The fourth-order valence-corrected chi connectivity index (χ4v) is 1.40. The van der Waals surface area contributed by atoms with Gasteiger partial charge in [-0.15, -0.1) is 10.2 Å². The third-order valence-corrected chi connectivity index (χ3v) is 2.31. The highest BCUT2D eigenvalue weighted by atomic mass is 35.5. The zero-order chi connectivity index (χ0) is 13.1. The molecule has 5 nitrogen and oxygen atoms in total. The lowest BCUT2D eigenvalue weighted by Crippen LogP contribution is -2.02. The van der Waals surface area contributed by atoms with E-state index in [1.54, 1.807) is 6.07 Å². The normalized spacial score (nSPS) is 10.1. The molecule has 0 amide bonds. The molecule has 2 N–H and O–H groups in total. The maximum absolute atomic E-state index is 13.4. The molecule has 1 aromatic heterocycles. The van der Waals surface area contributed by atoms with E-state index in [0.29, 0.717) is 11.5 Å². The van der Waals surface area contributed by atoms with E-state index in [9.17, 15) is 9.18 Å². The molecule has 0 fully saturated rings. The standard InChI is InChI=1S/C11H7ClFN3O2/c12-9-3-4-10(16-15-9)14-6-1-2-7(11(17)18)8(13)5-6/h1-5H,(H,14,16)(H,17,18). The highest BCUT2D eigenvalue weighted by molar-refractivity contribution is 6.29. The zero-order valence-corrected chi connectivity index (χ0v) is 9.65. The topological polar surface area (TPSA) is 75.1 Å². The van der Waals surface area contributed by atoms with Crippen molar-refractivity contribution in [1.29, 1.82) is 0 Å². The van der Waals surface area contributed by atoms with Crippen molar-refractivity contribution < 1.29 is 14.3 Å². The van der Waals surface area contributed by atoms with Gasteiger partial charge >= 0.3 is 5.97 Å². The Balaban J connectivity index is 2.22. The quantitative estimate of drug-likeness (QED) is 0.894. The van der Waals surface area contributed by atoms with Gasteiger partial charge in [-0.25, -0.2) is 9.18 Å². The van der Waals surface area contributed by atoms with Gasteiger partial charge in [0.25, 0.3) is 0 Å². The number of carboxylic acids is 1. The number of benzene rings is 1. The Morgan fingerprint density at radius 2 is 2.06 bits per heavy atom. The minimum Gasteiger partial charge on any atom is -0.478 e. The van der Waals surface area contributed by atoms with Crippen LogP contribution in [0.4, 0.5) is 15.9 Å².